The number of carbonyl (C=O) groups excluding carboxylic acids is 1. The van der Waals surface area contributed by atoms with Crippen molar-refractivity contribution < 1.29 is 17.9 Å². The van der Waals surface area contributed by atoms with E-state index in [4.69, 9.17) is 4.74 Å². The van der Waals surface area contributed by atoms with Crippen LogP contribution in [0.1, 0.15) is 12.5 Å². The number of rotatable bonds is 6. The van der Waals surface area contributed by atoms with E-state index < -0.39 is 15.9 Å². The molecule has 1 N–H and O–H groups in total. The molecule has 0 bridgehead atoms. The third-order valence-electron chi connectivity index (χ3n) is 2.95. The van der Waals surface area contributed by atoms with Crippen LogP contribution in [0.2, 0.25) is 0 Å². The first-order chi connectivity index (χ1) is 10.4. The summed E-state index contributed by atoms with van der Waals surface area (Å²) in [6.45, 7) is 1.59. The molecule has 2 rings (SSSR count). The van der Waals surface area contributed by atoms with Gasteiger partial charge in [0.25, 0.3) is 15.9 Å². The molecule has 7 nitrogen and oxygen atoms in total. The number of sulfonamides is 1. The highest BCUT2D eigenvalue weighted by Gasteiger charge is 2.19. The fraction of sp³-hybridized carbons (Fsp3) is 0.286. The smallest absolute Gasteiger partial charge is 0.271 e. The standard InChI is InChI=1S/C14H17N3O4S/c1-3-11-6-4-5-7-13(11)21-10-14(18)16-22(19,20)12-8-15-17(2)9-12/h4-9H,3,10H2,1-2H3,(H,16,18). The minimum Gasteiger partial charge on any atom is -0.483 e. The number of para-hydroxylation sites is 1. The summed E-state index contributed by atoms with van der Waals surface area (Å²) in [5.41, 5.74) is 0.949. The second-order valence-electron chi connectivity index (χ2n) is 4.63. The Kier molecular flexibility index (Phi) is 4.81. The highest BCUT2D eigenvalue weighted by Crippen LogP contribution is 2.18. The van der Waals surface area contributed by atoms with Crippen molar-refractivity contribution in [2.45, 2.75) is 18.2 Å². The highest BCUT2D eigenvalue weighted by molar-refractivity contribution is 7.90. The van der Waals surface area contributed by atoms with Gasteiger partial charge in [-0.05, 0) is 18.1 Å². The van der Waals surface area contributed by atoms with Gasteiger partial charge in [-0.15, -0.1) is 0 Å². The molecule has 8 heteroatoms. The first kappa shape index (κ1) is 16.0. The Balaban J connectivity index is 1.98. The van der Waals surface area contributed by atoms with Crippen molar-refractivity contribution in [2.24, 2.45) is 7.05 Å². The predicted octanol–water partition coefficient (Wildman–Crippen LogP) is 0.866. The topological polar surface area (TPSA) is 90.3 Å². The average Bonchev–Trinajstić information content (AvgIpc) is 2.92. The molecule has 1 amide bonds. The second-order valence-corrected chi connectivity index (χ2v) is 6.31. The van der Waals surface area contributed by atoms with Gasteiger partial charge in [0.05, 0.1) is 6.20 Å². The maximum atomic E-state index is 11.9. The van der Waals surface area contributed by atoms with Crippen molar-refractivity contribution in [1.82, 2.24) is 14.5 Å². The number of hydrogen-bond acceptors (Lipinski definition) is 5. The van der Waals surface area contributed by atoms with Gasteiger partial charge in [0.1, 0.15) is 10.6 Å². The van der Waals surface area contributed by atoms with Gasteiger partial charge >= 0.3 is 0 Å². The Morgan fingerprint density at radius 1 is 1.36 bits per heavy atom. The number of aryl methyl sites for hydroxylation is 2. The van der Waals surface area contributed by atoms with E-state index in [2.05, 4.69) is 5.10 Å². The van der Waals surface area contributed by atoms with E-state index in [1.807, 2.05) is 23.8 Å². The van der Waals surface area contributed by atoms with E-state index in [0.717, 1.165) is 12.0 Å². The van der Waals surface area contributed by atoms with E-state index in [9.17, 15) is 13.2 Å². The van der Waals surface area contributed by atoms with E-state index >= 15 is 0 Å². The number of hydrogen-bond donors (Lipinski definition) is 1. The summed E-state index contributed by atoms with van der Waals surface area (Å²) >= 11 is 0. The van der Waals surface area contributed by atoms with Gasteiger partial charge in [0.2, 0.25) is 0 Å². The first-order valence-corrected chi connectivity index (χ1v) is 8.15. The number of nitrogens with one attached hydrogen (secondary N) is 1. The average molecular weight is 323 g/mol. The molecule has 0 fully saturated rings. The molecule has 118 valence electrons. The third kappa shape index (κ3) is 3.85. The maximum absolute atomic E-state index is 11.9. The molecule has 22 heavy (non-hydrogen) atoms. The summed E-state index contributed by atoms with van der Waals surface area (Å²) in [5.74, 6) is -0.173. The SMILES string of the molecule is CCc1ccccc1OCC(=O)NS(=O)(=O)c1cnn(C)c1. The van der Waals surface area contributed by atoms with Gasteiger partial charge in [0, 0.05) is 13.2 Å². The van der Waals surface area contributed by atoms with Crippen LogP contribution in [0, 0.1) is 0 Å². The molecule has 0 aliphatic heterocycles. The lowest BCUT2D eigenvalue weighted by atomic mass is 10.1. The molecule has 0 spiro atoms. The largest absolute Gasteiger partial charge is 0.483 e. The Bertz CT molecular complexity index is 768. The van der Waals surface area contributed by atoms with Crippen molar-refractivity contribution in [3.8, 4) is 5.75 Å². The number of amides is 1. The van der Waals surface area contributed by atoms with Gasteiger partial charge < -0.3 is 4.74 Å². The number of nitrogens with zero attached hydrogens (tertiary/aromatic N) is 2. The molecule has 2 aromatic rings. The number of aromatic nitrogens is 2. The Morgan fingerprint density at radius 3 is 2.73 bits per heavy atom. The van der Waals surface area contributed by atoms with Crippen LogP contribution in [0.25, 0.3) is 0 Å². The van der Waals surface area contributed by atoms with Crippen LogP contribution in [0.15, 0.2) is 41.6 Å². The summed E-state index contributed by atoms with van der Waals surface area (Å²) < 4.78 is 32.6. The van der Waals surface area contributed by atoms with Crippen LogP contribution in [-0.4, -0.2) is 30.7 Å². The van der Waals surface area contributed by atoms with Crippen LogP contribution < -0.4 is 9.46 Å². The summed E-state index contributed by atoms with van der Waals surface area (Å²) in [6.07, 6.45) is 3.23. The van der Waals surface area contributed by atoms with Gasteiger partial charge in [-0.3, -0.25) is 9.48 Å². The second kappa shape index (κ2) is 6.61. The normalized spacial score (nSPS) is 11.2. The van der Waals surface area contributed by atoms with E-state index in [-0.39, 0.29) is 11.5 Å². The molecular formula is C14H17N3O4S. The third-order valence-corrected chi connectivity index (χ3v) is 4.28. The summed E-state index contributed by atoms with van der Waals surface area (Å²) in [5, 5.41) is 3.76. The minimum atomic E-state index is -3.92. The molecule has 0 radical (unpaired) electrons. The molecular weight excluding hydrogens is 306 g/mol. The highest BCUT2D eigenvalue weighted by atomic mass is 32.2. The Morgan fingerprint density at radius 2 is 2.09 bits per heavy atom. The fourth-order valence-electron chi connectivity index (χ4n) is 1.86. The lowest BCUT2D eigenvalue weighted by Crippen LogP contribution is -2.34. The summed E-state index contributed by atoms with van der Waals surface area (Å²) in [7, 11) is -2.33. The van der Waals surface area contributed by atoms with Gasteiger partial charge in [-0.2, -0.15) is 5.10 Å². The van der Waals surface area contributed by atoms with Crippen molar-refractivity contribution >= 4 is 15.9 Å². The summed E-state index contributed by atoms with van der Waals surface area (Å²) in [4.78, 5) is 11.7. The van der Waals surface area contributed by atoms with Crippen molar-refractivity contribution in [3.05, 3.63) is 42.2 Å². The predicted molar refractivity (Wildman–Crippen MR) is 79.9 cm³/mol. The zero-order valence-electron chi connectivity index (χ0n) is 12.3. The Hall–Kier alpha value is -2.35. The van der Waals surface area contributed by atoms with Crippen LogP contribution >= 0.6 is 0 Å². The van der Waals surface area contributed by atoms with Crippen molar-refractivity contribution in [2.75, 3.05) is 6.61 Å². The number of carbonyl (C=O) groups is 1. The van der Waals surface area contributed by atoms with E-state index in [0.29, 0.717) is 5.75 Å². The summed E-state index contributed by atoms with van der Waals surface area (Å²) in [6, 6.07) is 7.29. The maximum Gasteiger partial charge on any atom is 0.271 e. The van der Waals surface area contributed by atoms with Gasteiger partial charge in [-0.1, -0.05) is 25.1 Å². The lowest BCUT2D eigenvalue weighted by Gasteiger charge is -2.10. The number of ether oxygens (including phenoxy) is 1. The Labute approximate surface area is 129 Å². The van der Waals surface area contributed by atoms with Crippen LogP contribution in [-0.2, 0) is 28.3 Å². The van der Waals surface area contributed by atoms with Gasteiger partial charge in [-0.25, -0.2) is 13.1 Å². The van der Waals surface area contributed by atoms with Crippen LogP contribution in [0.4, 0.5) is 0 Å². The zero-order chi connectivity index (χ0) is 16.2. The minimum absolute atomic E-state index is 0.0719. The molecule has 0 aliphatic carbocycles. The van der Waals surface area contributed by atoms with Crippen LogP contribution in [0.5, 0.6) is 5.75 Å². The molecule has 0 saturated heterocycles. The van der Waals surface area contributed by atoms with Gasteiger partial charge in [0.15, 0.2) is 6.61 Å². The first-order valence-electron chi connectivity index (χ1n) is 6.67. The fourth-order valence-corrected chi connectivity index (χ4v) is 2.81. The quantitative estimate of drug-likeness (QED) is 0.852. The monoisotopic (exact) mass is 323 g/mol. The molecule has 0 unspecified atom stereocenters. The molecule has 0 saturated carbocycles. The molecule has 1 heterocycles. The molecule has 1 aromatic heterocycles. The molecule has 0 aliphatic rings. The zero-order valence-corrected chi connectivity index (χ0v) is 13.1. The van der Waals surface area contributed by atoms with Crippen LogP contribution in [0.3, 0.4) is 0 Å². The molecule has 1 aromatic carbocycles. The van der Waals surface area contributed by atoms with Crippen molar-refractivity contribution in [3.63, 3.8) is 0 Å². The van der Waals surface area contributed by atoms with E-state index in [1.54, 1.807) is 19.2 Å². The molecule has 0 atom stereocenters. The van der Waals surface area contributed by atoms with E-state index in [1.165, 1.54) is 17.1 Å². The lowest BCUT2D eigenvalue weighted by molar-refractivity contribution is -0.121. The van der Waals surface area contributed by atoms with Crippen molar-refractivity contribution in [1.29, 1.82) is 0 Å². The number of benzene rings is 1.